The molecule has 1 aromatic carbocycles. The molecule has 1 aliphatic rings. The molecule has 5 atom stereocenters. The van der Waals surface area contributed by atoms with Crippen LogP contribution in [-0.2, 0) is 4.74 Å². The predicted molar refractivity (Wildman–Crippen MR) is 80.5 cm³/mol. The predicted octanol–water partition coefficient (Wildman–Crippen LogP) is -1.11. The number of benzene rings is 1. The van der Waals surface area contributed by atoms with Gasteiger partial charge in [0.25, 0.3) is 0 Å². The van der Waals surface area contributed by atoms with Gasteiger partial charge in [-0.25, -0.2) is 0 Å². The molecule has 1 saturated heterocycles. The minimum atomic E-state index is -1.41. The van der Waals surface area contributed by atoms with Crippen LogP contribution in [0.2, 0.25) is 0 Å². The summed E-state index contributed by atoms with van der Waals surface area (Å²) in [5.74, 6) is 1.28. The van der Waals surface area contributed by atoms with Crippen LogP contribution in [-0.4, -0.2) is 79.1 Å². The van der Waals surface area contributed by atoms with E-state index in [-0.39, 0.29) is 5.75 Å². The van der Waals surface area contributed by atoms with Crippen molar-refractivity contribution in [3.05, 3.63) is 12.1 Å². The van der Waals surface area contributed by atoms with Crippen molar-refractivity contribution in [1.82, 2.24) is 0 Å². The van der Waals surface area contributed by atoms with Gasteiger partial charge in [-0.2, -0.15) is 0 Å². The lowest BCUT2D eigenvalue weighted by Crippen LogP contribution is -2.40. The van der Waals surface area contributed by atoms with Gasteiger partial charge in [-0.1, -0.05) is 0 Å². The molecule has 9 heteroatoms. The van der Waals surface area contributed by atoms with E-state index in [1.165, 1.54) is 33.5 Å². The molecular weight excluding hydrogens is 324 g/mol. The number of rotatable bonds is 7. The van der Waals surface area contributed by atoms with E-state index >= 15 is 0 Å². The van der Waals surface area contributed by atoms with Crippen LogP contribution in [0.15, 0.2) is 12.1 Å². The van der Waals surface area contributed by atoms with Gasteiger partial charge in [0, 0.05) is 12.1 Å². The summed E-state index contributed by atoms with van der Waals surface area (Å²) in [5, 5.41) is 38.5. The Morgan fingerprint density at radius 1 is 1.04 bits per heavy atom. The summed E-state index contributed by atoms with van der Waals surface area (Å²) in [6.07, 6.45) is -6.57. The smallest absolute Gasteiger partial charge is 0.229 e. The summed E-state index contributed by atoms with van der Waals surface area (Å²) in [4.78, 5) is 0. The second kappa shape index (κ2) is 7.86. The van der Waals surface area contributed by atoms with Gasteiger partial charge in [0.15, 0.2) is 11.5 Å². The van der Waals surface area contributed by atoms with Crippen molar-refractivity contribution in [3.63, 3.8) is 0 Å². The van der Waals surface area contributed by atoms with E-state index in [1.807, 2.05) is 0 Å². The van der Waals surface area contributed by atoms with E-state index < -0.39 is 37.3 Å². The first-order valence-electron chi connectivity index (χ1n) is 7.24. The second-order valence-corrected chi connectivity index (χ2v) is 5.18. The Hall–Kier alpha value is -1.78. The topological polar surface area (TPSA) is 127 Å². The maximum atomic E-state index is 10.0. The normalized spacial score (nSPS) is 27.6. The maximum Gasteiger partial charge on any atom is 0.229 e. The zero-order valence-corrected chi connectivity index (χ0v) is 13.6. The Kier molecular flexibility index (Phi) is 6.08. The first-order valence-corrected chi connectivity index (χ1v) is 7.24. The lowest BCUT2D eigenvalue weighted by Gasteiger charge is -2.20. The second-order valence-electron chi connectivity index (χ2n) is 5.18. The van der Waals surface area contributed by atoms with Crippen LogP contribution in [0.4, 0.5) is 0 Å². The van der Waals surface area contributed by atoms with Gasteiger partial charge in [-0.15, -0.1) is 0 Å². The Labute approximate surface area is 138 Å². The van der Waals surface area contributed by atoms with Gasteiger partial charge in [-0.3, -0.25) is 0 Å². The summed E-state index contributed by atoms with van der Waals surface area (Å²) >= 11 is 0. The molecule has 0 aromatic heterocycles. The number of hydrogen-bond acceptors (Lipinski definition) is 9. The average molecular weight is 346 g/mol. The zero-order chi connectivity index (χ0) is 17.9. The molecule has 9 nitrogen and oxygen atoms in total. The Bertz CT molecular complexity index is 525. The Balaban J connectivity index is 2.22. The van der Waals surface area contributed by atoms with Crippen molar-refractivity contribution in [3.8, 4) is 23.0 Å². The van der Waals surface area contributed by atoms with Crippen LogP contribution in [0.3, 0.4) is 0 Å². The minimum absolute atomic E-state index is 0.236. The standard InChI is InChI=1S/C15H22O9/c1-20-9-4-7(5-10(21-2)14(9)22-3)23-15-12(19)11(18)13(24-15)8(17)6-16/h4-5,8,11-13,15-19H,6H2,1-3H3. The van der Waals surface area contributed by atoms with E-state index in [0.29, 0.717) is 17.2 Å². The Morgan fingerprint density at radius 3 is 2.08 bits per heavy atom. The van der Waals surface area contributed by atoms with Crippen molar-refractivity contribution in [2.24, 2.45) is 0 Å². The fourth-order valence-electron chi connectivity index (χ4n) is 2.45. The summed E-state index contributed by atoms with van der Waals surface area (Å²) < 4.78 is 26.4. The van der Waals surface area contributed by atoms with Crippen LogP contribution >= 0.6 is 0 Å². The fraction of sp³-hybridized carbons (Fsp3) is 0.600. The highest BCUT2D eigenvalue weighted by molar-refractivity contribution is 5.55. The molecule has 136 valence electrons. The van der Waals surface area contributed by atoms with Crippen LogP contribution < -0.4 is 18.9 Å². The fourth-order valence-corrected chi connectivity index (χ4v) is 2.45. The molecule has 0 amide bonds. The number of aliphatic hydroxyl groups excluding tert-OH is 4. The molecule has 1 aliphatic heterocycles. The molecule has 2 rings (SSSR count). The molecule has 0 saturated carbocycles. The van der Waals surface area contributed by atoms with Gasteiger partial charge in [0.05, 0.1) is 27.9 Å². The third-order valence-corrected chi connectivity index (χ3v) is 3.71. The molecule has 24 heavy (non-hydrogen) atoms. The van der Waals surface area contributed by atoms with Crippen LogP contribution in [0, 0.1) is 0 Å². The molecule has 0 aliphatic carbocycles. The lowest BCUT2D eigenvalue weighted by molar-refractivity contribution is -0.137. The zero-order valence-electron chi connectivity index (χ0n) is 13.6. The lowest BCUT2D eigenvalue weighted by atomic mass is 10.1. The molecule has 1 fully saturated rings. The van der Waals surface area contributed by atoms with Crippen molar-refractivity contribution >= 4 is 0 Å². The molecule has 0 bridgehead atoms. The molecule has 1 heterocycles. The maximum absolute atomic E-state index is 10.0. The minimum Gasteiger partial charge on any atom is -0.493 e. The molecule has 0 radical (unpaired) electrons. The summed E-state index contributed by atoms with van der Waals surface area (Å²) in [7, 11) is 4.35. The van der Waals surface area contributed by atoms with Crippen LogP contribution in [0.5, 0.6) is 23.0 Å². The van der Waals surface area contributed by atoms with Crippen molar-refractivity contribution in [1.29, 1.82) is 0 Å². The average Bonchev–Trinajstić information content (AvgIpc) is 2.88. The number of methoxy groups -OCH3 is 3. The summed E-state index contributed by atoms with van der Waals surface area (Å²) in [6.45, 7) is -0.620. The van der Waals surface area contributed by atoms with Crippen molar-refractivity contribution in [2.45, 2.75) is 30.7 Å². The van der Waals surface area contributed by atoms with E-state index in [1.54, 1.807) is 0 Å². The summed E-state index contributed by atoms with van der Waals surface area (Å²) in [6, 6.07) is 3.00. The van der Waals surface area contributed by atoms with Crippen molar-refractivity contribution < 1.29 is 44.1 Å². The van der Waals surface area contributed by atoms with Gasteiger partial charge < -0.3 is 44.1 Å². The summed E-state index contributed by atoms with van der Waals surface area (Å²) in [5.41, 5.74) is 0. The molecule has 5 unspecified atom stereocenters. The molecular formula is C15H22O9. The van der Waals surface area contributed by atoms with E-state index in [4.69, 9.17) is 28.8 Å². The first-order chi connectivity index (χ1) is 11.5. The largest absolute Gasteiger partial charge is 0.493 e. The van der Waals surface area contributed by atoms with Crippen molar-refractivity contribution in [2.75, 3.05) is 27.9 Å². The number of aliphatic hydroxyl groups is 4. The SMILES string of the molecule is COc1cc(OC2OC(C(O)CO)C(O)C2O)cc(OC)c1OC. The monoisotopic (exact) mass is 346 g/mol. The quantitative estimate of drug-likeness (QED) is 0.486. The highest BCUT2D eigenvalue weighted by Crippen LogP contribution is 2.41. The molecule has 4 N–H and O–H groups in total. The number of hydrogen-bond donors (Lipinski definition) is 4. The highest BCUT2D eigenvalue weighted by Gasteiger charge is 2.47. The molecule has 1 aromatic rings. The Morgan fingerprint density at radius 2 is 1.62 bits per heavy atom. The number of ether oxygens (including phenoxy) is 5. The van der Waals surface area contributed by atoms with E-state index in [0.717, 1.165) is 0 Å². The van der Waals surface area contributed by atoms with Crippen LogP contribution in [0.1, 0.15) is 0 Å². The van der Waals surface area contributed by atoms with Gasteiger partial charge in [-0.05, 0) is 0 Å². The van der Waals surface area contributed by atoms with Gasteiger partial charge >= 0.3 is 0 Å². The van der Waals surface area contributed by atoms with Gasteiger partial charge in [0.1, 0.15) is 30.2 Å². The van der Waals surface area contributed by atoms with Crippen LogP contribution in [0.25, 0.3) is 0 Å². The first kappa shape index (κ1) is 18.6. The molecule has 0 spiro atoms. The third-order valence-electron chi connectivity index (χ3n) is 3.71. The highest BCUT2D eigenvalue weighted by atomic mass is 16.7. The van der Waals surface area contributed by atoms with Gasteiger partial charge in [0.2, 0.25) is 12.0 Å². The van der Waals surface area contributed by atoms with E-state index in [9.17, 15) is 15.3 Å². The van der Waals surface area contributed by atoms with E-state index in [2.05, 4.69) is 0 Å². The third kappa shape index (κ3) is 3.50.